The summed E-state index contributed by atoms with van der Waals surface area (Å²) in [4.78, 5) is 4.60. The number of aryl methyl sites for hydroxylation is 1. The van der Waals surface area contributed by atoms with Crippen LogP contribution in [0.4, 0.5) is 5.69 Å². The van der Waals surface area contributed by atoms with Crippen LogP contribution in [0.15, 0.2) is 64.0 Å². The van der Waals surface area contributed by atoms with Gasteiger partial charge in [0.05, 0.1) is 17.1 Å². The molecule has 0 aliphatic heterocycles. The monoisotopic (exact) mass is 385 g/mol. The zero-order valence-electron chi connectivity index (χ0n) is 15.9. The van der Waals surface area contributed by atoms with Crippen LogP contribution < -0.4 is 4.31 Å². The normalized spacial score (nSPS) is 12.1. The minimum atomic E-state index is -3.78. The van der Waals surface area contributed by atoms with Gasteiger partial charge in [-0.2, -0.15) is 4.98 Å². The second-order valence-corrected chi connectivity index (χ2v) is 9.29. The molecule has 0 atom stereocenters. The minimum Gasteiger partial charge on any atom is -0.339 e. The Kier molecular flexibility index (Phi) is 5.06. The molecule has 0 saturated heterocycles. The van der Waals surface area contributed by atoms with E-state index in [1.165, 1.54) is 4.31 Å². The van der Waals surface area contributed by atoms with Crippen LogP contribution in [0.1, 0.15) is 38.0 Å². The van der Waals surface area contributed by atoms with Gasteiger partial charge in [0.2, 0.25) is 5.89 Å². The number of nitrogens with zero attached hydrogens (tertiary/aromatic N) is 3. The first-order chi connectivity index (χ1) is 12.7. The predicted octanol–water partition coefficient (Wildman–Crippen LogP) is 4.07. The number of para-hydroxylation sites is 1. The van der Waals surface area contributed by atoms with Crippen LogP contribution in [0.3, 0.4) is 0 Å². The molecule has 142 valence electrons. The highest BCUT2D eigenvalue weighted by atomic mass is 32.2. The van der Waals surface area contributed by atoms with Gasteiger partial charge in [0.25, 0.3) is 10.0 Å². The maximum absolute atomic E-state index is 13.3. The van der Waals surface area contributed by atoms with Crippen molar-refractivity contribution in [1.29, 1.82) is 0 Å². The number of aromatic nitrogens is 2. The molecule has 0 bridgehead atoms. The van der Waals surface area contributed by atoms with Crippen LogP contribution in [0.5, 0.6) is 0 Å². The highest BCUT2D eigenvalue weighted by molar-refractivity contribution is 7.92. The van der Waals surface area contributed by atoms with Crippen molar-refractivity contribution in [2.45, 2.75) is 44.6 Å². The summed E-state index contributed by atoms with van der Waals surface area (Å²) in [5.41, 5.74) is 1.23. The van der Waals surface area contributed by atoms with Gasteiger partial charge in [-0.15, -0.1) is 0 Å². The molecule has 0 aliphatic carbocycles. The smallest absolute Gasteiger partial charge is 0.264 e. The number of anilines is 1. The molecule has 2 aromatic carbocycles. The molecule has 0 aliphatic rings. The van der Waals surface area contributed by atoms with Crippen molar-refractivity contribution in [3.63, 3.8) is 0 Å². The summed E-state index contributed by atoms with van der Waals surface area (Å²) < 4.78 is 33.2. The van der Waals surface area contributed by atoms with Gasteiger partial charge in [0.1, 0.15) is 0 Å². The average Bonchev–Trinajstić information content (AvgIpc) is 3.10. The van der Waals surface area contributed by atoms with E-state index >= 15 is 0 Å². The van der Waals surface area contributed by atoms with Gasteiger partial charge in [0, 0.05) is 5.41 Å². The third-order valence-electron chi connectivity index (χ3n) is 4.05. The van der Waals surface area contributed by atoms with Crippen LogP contribution in [0.2, 0.25) is 0 Å². The molecular formula is C20H23N3O3S. The Bertz CT molecular complexity index is 1000. The number of hydrogen-bond donors (Lipinski definition) is 0. The lowest BCUT2D eigenvalue weighted by molar-refractivity contribution is 0.318. The molecule has 3 aromatic rings. The SMILES string of the molecule is Cc1ccc(S(=O)(=O)N(Cc2noc(C(C)(C)C)n2)c2ccccc2)cc1. The zero-order valence-corrected chi connectivity index (χ0v) is 16.7. The molecule has 1 aromatic heterocycles. The Morgan fingerprint density at radius 1 is 1.00 bits per heavy atom. The van der Waals surface area contributed by atoms with E-state index in [9.17, 15) is 8.42 Å². The summed E-state index contributed by atoms with van der Waals surface area (Å²) in [7, 11) is -3.78. The van der Waals surface area contributed by atoms with Gasteiger partial charge >= 0.3 is 0 Å². The van der Waals surface area contributed by atoms with E-state index in [-0.39, 0.29) is 16.9 Å². The molecule has 7 heteroatoms. The largest absolute Gasteiger partial charge is 0.339 e. The molecule has 0 fully saturated rings. The Morgan fingerprint density at radius 3 is 2.19 bits per heavy atom. The van der Waals surface area contributed by atoms with Gasteiger partial charge in [-0.3, -0.25) is 4.31 Å². The van der Waals surface area contributed by atoms with Crippen molar-refractivity contribution in [3.8, 4) is 0 Å². The molecule has 0 amide bonds. The van der Waals surface area contributed by atoms with Crippen molar-refractivity contribution in [2.24, 2.45) is 0 Å². The van der Waals surface area contributed by atoms with Crippen molar-refractivity contribution in [3.05, 3.63) is 71.9 Å². The molecule has 0 radical (unpaired) electrons. The van der Waals surface area contributed by atoms with Crippen LogP contribution in [0.25, 0.3) is 0 Å². The quantitative estimate of drug-likeness (QED) is 0.662. The molecule has 27 heavy (non-hydrogen) atoms. The molecule has 3 rings (SSSR count). The van der Waals surface area contributed by atoms with Gasteiger partial charge in [-0.1, -0.05) is 61.8 Å². The lowest BCUT2D eigenvalue weighted by Crippen LogP contribution is -2.31. The molecular weight excluding hydrogens is 362 g/mol. The van der Waals surface area contributed by atoms with Gasteiger partial charge in [-0.05, 0) is 31.2 Å². The first kappa shape index (κ1) is 19.1. The van der Waals surface area contributed by atoms with Crippen LogP contribution >= 0.6 is 0 Å². The maximum Gasteiger partial charge on any atom is 0.264 e. The second-order valence-electron chi connectivity index (χ2n) is 7.43. The van der Waals surface area contributed by atoms with Crippen molar-refractivity contribution in [1.82, 2.24) is 10.1 Å². The first-order valence-corrected chi connectivity index (χ1v) is 10.1. The maximum atomic E-state index is 13.3. The third-order valence-corrected chi connectivity index (χ3v) is 5.84. The first-order valence-electron chi connectivity index (χ1n) is 8.65. The van der Waals surface area contributed by atoms with Gasteiger partial charge < -0.3 is 4.52 Å². The predicted molar refractivity (Wildman–Crippen MR) is 104 cm³/mol. The topological polar surface area (TPSA) is 76.3 Å². The van der Waals surface area contributed by atoms with E-state index in [1.807, 2.05) is 33.8 Å². The number of benzene rings is 2. The summed E-state index contributed by atoms with van der Waals surface area (Å²) in [6.45, 7) is 7.78. The fourth-order valence-electron chi connectivity index (χ4n) is 2.50. The van der Waals surface area contributed by atoms with Gasteiger partial charge in [-0.25, -0.2) is 8.42 Å². The average molecular weight is 385 g/mol. The minimum absolute atomic E-state index is 0.0141. The van der Waals surface area contributed by atoms with E-state index in [0.29, 0.717) is 17.4 Å². The molecule has 0 spiro atoms. The fourth-order valence-corrected chi connectivity index (χ4v) is 3.92. The lowest BCUT2D eigenvalue weighted by Gasteiger charge is -2.23. The zero-order chi connectivity index (χ0) is 19.7. The highest BCUT2D eigenvalue weighted by Gasteiger charge is 2.28. The summed E-state index contributed by atoms with van der Waals surface area (Å²) in [6, 6.07) is 15.7. The van der Waals surface area contributed by atoms with Gasteiger partial charge in [0.15, 0.2) is 5.82 Å². The summed E-state index contributed by atoms with van der Waals surface area (Å²) in [5, 5.41) is 3.98. The van der Waals surface area contributed by atoms with E-state index in [1.54, 1.807) is 48.5 Å². The number of hydrogen-bond acceptors (Lipinski definition) is 5. The highest BCUT2D eigenvalue weighted by Crippen LogP contribution is 2.26. The van der Waals surface area contributed by atoms with E-state index < -0.39 is 10.0 Å². The standard InChI is InChI=1S/C20H23N3O3S/c1-15-10-12-17(13-11-15)27(24,25)23(16-8-6-5-7-9-16)14-18-21-19(26-22-18)20(2,3)4/h5-13H,14H2,1-4H3. The Morgan fingerprint density at radius 2 is 1.63 bits per heavy atom. The number of rotatable bonds is 5. The summed E-state index contributed by atoms with van der Waals surface area (Å²) >= 11 is 0. The molecule has 0 N–H and O–H groups in total. The second kappa shape index (κ2) is 7.15. The third kappa shape index (κ3) is 4.19. The van der Waals surface area contributed by atoms with Crippen LogP contribution in [0, 0.1) is 6.92 Å². The Balaban J connectivity index is 2.02. The van der Waals surface area contributed by atoms with E-state index in [4.69, 9.17) is 4.52 Å². The summed E-state index contributed by atoms with van der Waals surface area (Å²) in [6.07, 6.45) is 0. The van der Waals surface area contributed by atoms with E-state index in [2.05, 4.69) is 10.1 Å². The molecule has 1 heterocycles. The number of sulfonamides is 1. The fraction of sp³-hybridized carbons (Fsp3) is 0.300. The van der Waals surface area contributed by atoms with Crippen LogP contribution in [-0.4, -0.2) is 18.6 Å². The molecule has 0 unspecified atom stereocenters. The summed E-state index contributed by atoms with van der Waals surface area (Å²) in [5.74, 6) is 0.790. The lowest BCUT2D eigenvalue weighted by atomic mass is 9.97. The van der Waals surface area contributed by atoms with Crippen molar-refractivity contribution < 1.29 is 12.9 Å². The van der Waals surface area contributed by atoms with E-state index in [0.717, 1.165) is 5.56 Å². The van der Waals surface area contributed by atoms with Crippen molar-refractivity contribution in [2.75, 3.05) is 4.31 Å². The van der Waals surface area contributed by atoms with Crippen molar-refractivity contribution >= 4 is 15.7 Å². The molecule has 0 saturated carbocycles. The Labute approximate surface area is 159 Å². The Hall–Kier alpha value is -2.67. The van der Waals surface area contributed by atoms with Crippen LogP contribution in [-0.2, 0) is 22.0 Å². The molecule has 6 nitrogen and oxygen atoms in total.